The van der Waals surface area contributed by atoms with Gasteiger partial charge in [0, 0.05) is 5.69 Å². The van der Waals surface area contributed by atoms with Crippen LogP contribution in [0.4, 0.5) is 5.69 Å². The van der Waals surface area contributed by atoms with Crippen LogP contribution in [0.15, 0.2) is 24.3 Å². The van der Waals surface area contributed by atoms with Crippen molar-refractivity contribution >= 4 is 15.7 Å². The Kier molecular flexibility index (Phi) is 4.27. The zero-order chi connectivity index (χ0) is 13.0. The maximum atomic E-state index is 11.4. The molecule has 100 valence electrons. The lowest BCUT2D eigenvalue weighted by atomic mass is 9.84. The van der Waals surface area contributed by atoms with Gasteiger partial charge in [-0.15, -0.1) is 0 Å². The van der Waals surface area contributed by atoms with Crippen LogP contribution < -0.4 is 4.72 Å². The number of hydrogen-bond acceptors (Lipinski definition) is 2. The van der Waals surface area contributed by atoms with Crippen molar-refractivity contribution in [2.75, 3.05) is 10.5 Å². The second-order valence-corrected chi connectivity index (χ2v) is 6.97. The van der Waals surface area contributed by atoms with E-state index in [1.165, 1.54) is 37.7 Å². The first-order chi connectivity index (χ1) is 8.61. The van der Waals surface area contributed by atoms with Crippen molar-refractivity contribution < 1.29 is 8.42 Å². The van der Waals surface area contributed by atoms with Gasteiger partial charge in [-0.1, -0.05) is 31.4 Å². The Labute approximate surface area is 110 Å². The van der Waals surface area contributed by atoms with Crippen LogP contribution in [-0.4, -0.2) is 14.2 Å². The van der Waals surface area contributed by atoms with E-state index in [2.05, 4.69) is 16.9 Å². The molecule has 2 rings (SSSR count). The van der Waals surface area contributed by atoms with Crippen molar-refractivity contribution in [2.24, 2.45) is 0 Å². The third-order valence-corrected chi connectivity index (χ3v) is 4.95. The van der Waals surface area contributed by atoms with E-state index in [4.69, 9.17) is 0 Å². The van der Waals surface area contributed by atoms with Crippen LogP contribution in [0.25, 0.3) is 0 Å². The molecule has 18 heavy (non-hydrogen) atoms. The van der Waals surface area contributed by atoms with E-state index in [1.54, 1.807) is 6.92 Å². The first kappa shape index (κ1) is 13.4. The van der Waals surface area contributed by atoms with Gasteiger partial charge in [-0.2, -0.15) is 0 Å². The van der Waals surface area contributed by atoms with Gasteiger partial charge in [-0.05, 0) is 43.4 Å². The molecule has 3 nitrogen and oxygen atoms in total. The third-order valence-electron chi connectivity index (χ3n) is 3.64. The molecule has 1 aromatic rings. The van der Waals surface area contributed by atoms with Gasteiger partial charge in [-0.3, -0.25) is 4.72 Å². The predicted octanol–water partition coefficient (Wildman–Crippen LogP) is 3.50. The molecular weight excluding hydrogens is 246 g/mol. The van der Waals surface area contributed by atoms with Crippen LogP contribution in [0.2, 0.25) is 0 Å². The average molecular weight is 267 g/mol. The number of nitrogens with one attached hydrogen (secondary N) is 1. The van der Waals surface area contributed by atoms with Gasteiger partial charge >= 0.3 is 0 Å². The highest BCUT2D eigenvalue weighted by Crippen LogP contribution is 2.32. The summed E-state index contributed by atoms with van der Waals surface area (Å²) < 4.78 is 25.5. The lowest BCUT2D eigenvalue weighted by Crippen LogP contribution is -2.14. The van der Waals surface area contributed by atoms with Crippen molar-refractivity contribution in [1.82, 2.24) is 0 Å². The van der Waals surface area contributed by atoms with Crippen molar-refractivity contribution in [2.45, 2.75) is 44.9 Å². The highest BCUT2D eigenvalue weighted by atomic mass is 32.2. The fraction of sp³-hybridized carbons (Fsp3) is 0.571. The van der Waals surface area contributed by atoms with Gasteiger partial charge in [-0.25, -0.2) is 8.42 Å². The summed E-state index contributed by atoms with van der Waals surface area (Å²) in [7, 11) is -3.16. The summed E-state index contributed by atoms with van der Waals surface area (Å²) in [6.45, 7) is 1.64. The first-order valence-corrected chi connectivity index (χ1v) is 8.36. The highest BCUT2D eigenvalue weighted by molar-refractivity contribution is 7.92. The Hall–Kier alpha value is -1.03. The molecule has 1 aliphatic carbocycles. The molecule has 0 bridgehead atoms. The summed E-state index contributed by atoms with van der Waals surface area (Å²) in [5.74, 6) is 0.771. The number of hydrogen-bond donors (Lipinski definition) is 1. The Morgan fingerprint density at radius 2 is 1.72 bits per heavy atom. The maximum absolute atomic E-state index is 11.4. The second kappa shape index (κ2) is 5.74. The normalized spacial score (nSPS) is 17.6. The summed E-state index contributed by atoms with van der Waals surface area (Å²) in [6, 6.07) is 7.86. The number of sulfonamides is 1. The minimum Gasteiger partial charge on any atom is -0.284 e. The standard InChI is InChI=1S/C14H21NO2S/c1-2-18(16,17)15-14-10-8-13(9-11-14)12-6-4-3-5-7-12/h8-12,15H,2-7H2,1H3. The van der Waals surface area contributed by atoms with Crippen LogP contribution in [-0.2, 0) is 10.0 Å². The van der Waals surface area contributed by atoms with E-state index < -0.39 is 10.0 Å². The first-order valence-electron chi connectivity index (χ1n) is 6.71. The van der Waals surface area contributed by atoms with Gasteiger partial charge in [0.05, 0.1) is 5.75 Å². The molecule has 0 aliphatic heterocycles. The average Bonchev–Trinajstić information content (AvgIpc) is 2.40. The topological polar surface area (TPSA) is 46.2 Å². The summed E-state index contributed by atoms with van der Waals surface area (Å²) in [6.07, 6.45) is 6.51. The van der Waals surface area contributed by atoms with Crippen molar-refractivity contribution in [3.8, 4) is 0 Å². The molecule has 0 aromatic heterocycles. The SMILES string of the molecule is CCS(=O)(=O)Nc1ccc(C2CCCCC2)cc1. The monoisotopic (exact) mass is 267 g/mol. The quantitative estimate of drug-likeness (QED) is 0.907. The van der Waals surface area contributed by atoms with Gasteiger partial charge < -0.3 is 0 Å². The van der Waals surface area contributed by atoms with Crippen molar-refractivity contribution in [1.29, 1.82) is 0 Å². The predicted molar refractivity (Wildman–Crippen MR) is 75.4 cm³/mol. The third kappa shape index (κ3) is 3.48. The van der Waals surface area contributed by atoms with E-state index in [0.29, 0.717) is 11.6 Å². The molecule has 0 saturated heterocycles. The van der Waals surface area contributed by atoms with Crippen molar-refractivity contribution in [3.05, 3.63) is 29.8 Å². The Balaban J connectivity index is 2.05. The van der Waals surface area contributed by atoms with Crippen LogP contribution >= 0.6 is 0 Å². The number of benzene rings is 1. The van der Waals surface area contributed by atoms with Gasteiger partial charge in [0.1, 0.15) is 0 Å². The molecule has 1 aliphatic rings. The maximum Gasteiger partial charge on any atom is 0.232 e. The molecule has 0 heterocycles. The lowest BCUT2D eigenvalue weighted by molar-refractivity contribution is 0.443. The summed E-state index contributed by atoms with van der Waals surface area (Å²) in [4.78, 5) is 0. The summed E-state index contributed by atoms with van der Waals surface area (Å²) in [5.41, 5.74) is 2.01. The van der Waals surface area contributed by atoms with Crippen LogP contribution in [0.5, 0.6) is 0 Å². The van der Waals surface area contributed by atoms with Gasteiger partial charge in [0.25, 0.3) is 0 Å². The highest BCUT2D eigenvalue weighted by Gasteiger charge is 2.15. The van der Waals surface area contributed by atoms with E-state index >= 15 is 0 Å². The largest absolute Gasteiger partial charge is 0.284 e. The van der Waals surface area contributed by atoms with E-state index in [-0.39, 0.29) is 5.75 Å². The van der Waals surface area contributed by atoms with Crippen LogP contribution in [0.3, 0.4) is 0 Å². The molecule has 0 unspecified atom stereocenters. The Morgan fingerprint density at radius 3 is 2.28 bits per heavy atom. The number of anilines is 1. The summed E-state index contributed by atoms with van der Waals surface area (Å²) in [5, 5.41) is 0. The Bertz CT molecular complexity index is 473. The summed E-state index contributed by atoms with van der Waals surface area (Å²) >= 11 is 0. The van der Waals surface area contributed by atoms with Crippen LogP contribution in [0, 0.1) is 0 Å². The van der Waals surface area contributed by atoms with E-state index in [9.17, 15) is 8.42 Å². The molecule has 0 atom stereocenters. The molecule has 1 aromatic carbocycles. The lowest BCUT2D eigenvalue weighted by Gasteiger charge is -2.22. The molecule has 1 N–H and O–H groups in total. The fourth-order valence-corrected chi connectivity index (χ4v) is 3.15. The molecule has 0 spiro atoms. The fourth-order valence-electron chi connectivity index (χ4n) is 2.51. The Morgan fingerprint density at radius 1 is 1.11 bits per heavy atom. The molecule has 1 saturated carbocycles. The molecule has 0 radical (unpaired) electrons. The molecular formula is C14H21NO2S. The minimum absolute atomic E-state index is 0.109. The smallest absolute Gasteiger partial charge is 0.232 e. The second-order valence-electron chi connectivity index (χ2n) is 4.96. The van der Waals surface area contributed by atoms with E-state index in [0.717, 1.165) is 0 Å². The molecule has 1 fully saturated rings. The van der Waals surface area contributed by atoms with Gasteiger partial charge in [0.2, 0.25) is 10.0 Å². The zero-order valence-electron chi connectivity index (χ0n) is 10.9. The number of rotatable bonds is 4. The van der Waals surface area contributed by atoms with Crippen molar-refractivity contribution in [3.63, 3.8) is 0 Å². The van der Waals surface area contributed by atoms with E-state index in [1.807, 2.05) is 12.1 Å². The molecule has 4 heteroatoms. The van der Waals surface area contributed by atoms with Crippen LogP contribution in [0.1, 0.15) is 50.5 Å². The zero-order valence-corrected chi connectivity index (χ0v) is 11.7. The molecule has 0 amide bonds. The van der Waals surface area contributed by atoms with Gasteiger partial charge in [0.15, 0.2) is 0 Å². The minimum atomic E-state index is -3.16.